The second-order valence-electron chi connectivity index (χ2n) is 7.11. The lowest BCUT2D eigenvalue weighted by atomic mass is 9.99. The van der Waals surface area contributed by atoms with E-state index in [9.17, 15) is 13.2 Å². The van der Waals surface area contributed by atoms with Gasteiger partial charge < -0.3 is 0 Å². The Bertz CT molecular complexity index is 985. The molecule has 0 nitrogen and oxygen atoms in total. The van der Waals surface area contributed by atoms with E-state index in [0.29, 0.717) is 22.8 Å². The first kappa shape index (κ1) is 20.2. The number of fused-ring (bicyclic) bond motifs is 1. The molecule has 0 atom stereocenters. The molecule has 0 fully saturated rings. The maximum Gasteiger partial charge on any atom is 0.166 e. The first-order valence-electron chi connectivity index (χ1n) is 9.91. The van der Waals surface area contributed by atoms with Crippen LogP contribution in [-0.2, 0) is 12.8 Å². The van der Waals surface area contributed by atoms with Crippen molar-refractivity contribution in [2.24, 2.45) is 0 Å². The number of hydrogen-bond acceptors (Lipinski definition) is 0. The van der Waals surface area contributed by atoms with Crippen LogP contribution in [0.5, 0.6) is 0 Å². The smallest absolute Gasteiger partial charge is 0.166 e. The zero-order chi connectivity index (χ0) is 20.1. The Labute approximate surface area is 164 Å². The third kappa shape index (κ3) is 4.30. The Morgan fingerprint density at radius 1 is 0.786 bits per heavy atom. The Morgan fingerprint density at radius 2 is 1.46 bits per heavy atom. The summed E-state index contributed by atoms with van der Waals surface area (Å²) in [6.07, 6.45) is 4.61. The minimum atomic E-state index is -0.932. The van der Waals surface area contributed by atoms with E-state index in [-0.39, 0.29) is 16.9 Å². The molecule has 0 aliphatic heterocycles. The number of rotatable bonds is 7. The zero-order valence-electron chi connectivity index (χ0n) is 16.4. The molecular formula is C25H25F3. The predicted molar refractivity (Wildman–Crippen MR) is 112 cm³/mol. The average molecular weight is 382 g/mol. The zero-order valence-corrected chi connectivity index (χ0v) is 16.4. The first-order valence-corrected chi connectivity index (χ1v) is 9.91. The van der Waals surface area contributed by atoms with Gasteiger partial charge in [-0.1, -0.05) is 75.2 Å². The van der Waals surface area contributed by atoms with Gasteiger partial charge in [-0.3, -0.25) is 0 Å². The fourth-order valence-electron chi connectivity index (χ4n) is 3.37. The molecule has 3 aromatic carbocycles. The van der Waals surface area contributed by atoms with Gasteiger partial charge in [0.05, 0.1) is 0 Å². The van der Waals surface area contributed by atoms with E-state index in [2.05, 4.69) is 6.92 Å². The van der Waals surface area contributed by atoms with Crippen molar-refractivity contribution in [1.82, 2.24) is 0 Å². The van der Waals surface area contributed by atoms with Gasteiger partial charge in [0, 0.05) is 16.5 Å². The molecule has 0 radical (unpaired) electrons. The second-order valence-corrected chi connectivity index (χ2v) is 7.11. The standard InChI is InChI=1S/C25H25F3/c1-3-5-6-7-18-12-13-20-16-21(14-15-22(20)23(18)26)25(28)24(27)19-10-8-17(4-2)9-11-19/h8-16H,3-7H2,1-2H3. The monoisotopic (exact) mass is 382 g/mol. The highest BCUT2D eigenvalue weighted by atomic mass is 19.2. The molecule has 0 heterocycles. The average Bonchev–Trinajstić information content (AvgIpc) is 2.74. The largest absolute Gasteiger partial charge is 0.206 e. The van der Waals surface area contributed by atoms with Gasteiger partial charge in [-0.15, -0.1) is 0 Å². The van der Waals surface area contributed by atoms with Crippen molar-refractivity contribution < 1.29 is 13.2 Å². The fourth-order valence-corrected chi connectivity index (χ4v) is 3.37. The van der Waals surface area contributed by atoms with Gasteiger partial charge in [-0.25, -0.2) is 13.2 Å². The molecule has 0 N–H and O–H groups in total. The van der Waals surface area contributed by atoms with E-state index in [1.165, 1.54) is 18.2 Å². The van der Waals surface area contributed by atoms with Crippen LogP contribution in [0.15, 0.2) is 54.6 Å². The minimum absolute atomic E-state index is 0.114. The summed E-state index contributed by atoms with van der Waals surface area (Å²) in [6.45, 7) is 4.11. The van der Waals surface area contributed by atoms with Crippen LogP contribution in [0.25, 0.3) is 22.4 Å². The van der Waals surface area contributed by atoms with Gasteiger partial charge in [-0.2, -0.15) is 0 Å². The van der Waals surface area contributed by atoms with Crippen LogP contribution in [0, 0.1) is 5.82 Å². The molecule has 3 heteroatoms. The third-order valence-electron chi connectivity index (χ3n) is 5.15. The number of hydrogen-bond donors (Lipinski definition) is 0. The molecule has 0 unspecified atom stereocenters. The van der Waals surface area contributed by atoms with E-state index in [0.717, 1.165) is 31.2 Å². The summed E-state index contributed by atoms with van der Waals surface area (Å²) in [5.41, 5.74) is 2.05. The number of unbranched alkanes of at least 4 members (excludes halogenated alkanes) is 2. The van der Waals surface area contributed by atoms with Crippen molar-refractivity contribution in [2.75, 3.05) is 0 Å². The molecule has 0 aromatic heterocycles. The van der Waals surface area contributed by atoms with Gasteiger partial charge in [-0.05, 0) is 41.8 Å². The Morgan fingerprint density at radius 3 is 2.14 bits per heavy atom. The molecule has 3 rings (SSSR count). The van der Waals surface area contributed by atoms with E-state index in [1.807, 2.05) is 6.92 Å². The van der Waals surface area contributed by atoms with Crippen molar-refractivity contribution in [3.05, 3.63) is 82.7 Å². The molecule has 3 aromatic rings. The van der Waals surface area contributed by atoms with Crippen LogP contribution in [0.4, 0.5) is 13.2 Å². The molecule has 0 saturated carbocycles. The fraction of sp³-hybridized carbons (Fsp3) is 0.280. The highest BCUT2D eigenvalue weighted by Gasteiger charge is 2.14. The Balaban J connectivity index is 1.93. The number of aryl methyl sites for hydroxylation is 2. The number of benzene rings is 3. The van der Waals surface area contributed by atoms with E-state index in [4.69, 9.17) is 0 Å². The number of halogens is 3. The lowest BCUT2D eigenvalue weighted by Crippen LogP contribution is -1.93. The summed E-state index contributed by atoms with van der Waals surface area (Å²) < 4.78 is 44.1. The van der Waals surface area contributed by atoms with Crippen molar-refractivity contribution in [1.29, 1.82) is 0 Å². The first-order chi connectivity index (χ1) is 13.5. The van der Waals surface area contributed by atoms with Crippen molar-refractivity contribution in [2.45, 2.75) is 46.0 Å². The van der Waals surface area contributed by atoms with Gasteiger partial charge in [0.1, 0.15) is 5.82 Å². The molecular weight excluding hydrogens is 357 g/mol. The van der Waals surface area contributed by atoms with Gasteiger partial charge >= 0.3 is 0 Å². The topological polar surface area (TPSA) is 0 Å². The Kier molecular flexibility index (Phi) is 6.56. The van der Waals surface area contributed by atoms with Crippen LogP contribution in [0.2, 0.25) is 0 Å². The molecule has 0 spiro atoms. The maximum atomic E-state index is 14.7. The highest BCUT2D eigenvalue weighted by Crippen LogP contribution is 2.32. The van der Waals surface area contributed by atoms with Crippen LogP contribution in [0.1, 0.15) is 55.4 Å². The molecule has 146 valence electrons. The SMILES string of the molecule is CCCCCc1ccc2cc(C(F)=C(F)c3ccc(CC)cc3)ccc2c1F. The minimum Gasteiger partial charge on any atom is -0.206 e. The van der Waals surface area contributed by atoms with Crippen molar-refractivity contribution in [3.8, 4) is 0 Å². The van der Waals surface area contributed by atoms with Crippen LogP contribution < -0.4 is 0 Å². The lowest BCUT2D eigenvalue weighted by Gasteiger charge is -2.09. The lowest BCUT2D eigenvalue weighted by molar-refractivity contribution is 0.609. The van der Waals surface area contributed by atoms with E-state index < -0.39 is 11.7 Å². The molecule has 28 heavy (non-hydrogen) atoms. The molecule has 0 bridgehead atoms. The van der Waals surface area contributed by atoms with E-state index in [1.54, 1.807) is 36.4 Å². The van der Waals surface area contributed by atoms with Gasteiger partial charge in [0.2, 0.25) is 0 Å². The molecule has 0 aliphatic rings. The van der Waals surface area contributed by atoms with Crippen LogP contribution in [-0.4, -0.2) is 0 Å². The van der Waals surface area contributed by atoms with Gasteiger partial charge in [0.25, 0.3) is 0 Å². The predicted octanol–water partition coefficient (Wildman–Crippen LogP) is 8.04. The normalized spacial score (nSPS) is 12.3. The van der Waals surface area contributed by atoms with Crippen LogP contribution in [0.3, 0.4) is 0 Å². The summed E-state index contributed by atoms with van der Waals surface area (Å²) in [7, 11) is 0. The van der Waals surface area contributed by atoms with Gasteiger partial charge in [0.15, 0.2) is 11.7 Å². The van der Waals surface area contributed by atoms with Crippen molar-refractivity contribution in [3.63, 3.8) is 0 Å². The summed E-state index contributed by atoms with van der Waals surface area (Å²) in [5.74, 6) is -2.10. The van der Waals surface area contributed by atoms with E-state index >= 15 is 0 Å². The maximum absolute atomic E-state index is 14.7. The molecule has 0 amide bonds. The molecule has 0 saturated heterocycles. The molecule has 0 aliphatic carbocycles. The van der Waals surface area contributed by atoms with Crippen LogP contribution >= 0.6 is 0 Å². The second kappa shape index (κ2) is 9.09. The summed E-state index contributed by atoms with van der Waals surface area (Å²) in [6, 6.07) is 14.8. The summed E-state index contributed by atoms with van der Waals surface area (Å²) in [4.78, 5) is 0. The third-order valence-corrected chi connectivity index (χ3v) is 5.15. The Hall–Kier alpha value is -2.55. The quantitative estimate of drug-likeness (QED) is 0.286. The van der Waals surface area contributed by atoms with Crippen molar-refractivity contribution >= 4 is 22.4 Å². The highest BCUT2D eigenvalue weighted by molar-refractivity contribution is 5.90. The summed E-state index contributed by atoms with van der Waals surface area (Å²) >= 11 is 0. The summed E-state index contributed by atoms with van der Waals surface area (Å²) in [5, 5.41) is 1.01.